The van der Waals surface area contributed by atoms with E-state index in [1.54, 1.807) is 0 Å². The molecular weight excluding hydrogens is 400 g/mol. The van der Waals surface area contributed by atoms with Crippen LogP contribution in [0.5, 0.6) is 0 Å². The lowest BCUT2D eigenvalue weighted by molar-refractivity contribution is -0.165. The molecular formula is C23H28N2O6. The molecule has 2 aromatic carbocycles. The number of carbonyl (C=O) groups is 2. The Balaban J connectivity index is 0.000000291. The summed E-state index contributed by atoms with van der Waals surface area (Å²) < 4.78 is 2.43. The minimum atomic E-state index is -2.27. The van der Waals surface area contributed by atoms with E-state index in [-0.39, 0.29) is 0 Å². The summed E-state index contributed by atoms with van der Waals surface area (Å²) in [7, 11) is 0. The van der Waals surface area contributed by atoms with Crippen LogP contribution < -0.4 is 5.73 Å². The Morgan fingerprint density at radius 3 is 2.03 bits per heavy atom. The van der Waals surface area contributed by atoms with Gasteiger partial charge in [-0.2, -0.15) is 0 Å². The second-order valence-electron chi connectivity index (χ2n) is 7.11. The van der Waals surface area contributed by atoms with Crippen LogP contribution in [0.15, 0.2) is 54.6 Å². The maximum absolute atomic E-state index is 9.77. The fourth-order valence-electron chi connectivity index (χ4n) is 3.34. The number of aromatic nitrogens is 1. The van der Waals surface area contributed by atoms with Crippen LogP contribution in [-0.4, -0.2) is 55.7 Å². The number of benzene rings is 2. The van der Waals surface area contributed by atoms with Gasteiger partial charge >= 0.3 is 11.9 Å². The molecule has 31 heavy (non-hydrogen) atoms. The number of aryl methyl sites for hydroxylation is 1. The number of aliphatic hydroxyl groups is 2. The first kappa shape index (κ1) is 24.1. The number of fused-ring (bicyclic) bond motifs is 1. The normalized spacial score (nSPS) is 12.6. The number of nitrogens with two attached hydrogens (primary N) is 1. The van der Waals surface area contributed by atoms with Crippen molar-refractivity contribution >= 4 is 22.8 Å². The van der Waals surface area contributed by atoms with Crippen molar-refractivity contribution < 1.29 is 30.0 Å². The van der Waals surface area contributed by atoms with Crippen molar-refractivity contribution in [3.05, 3.63) is 71.4 Å². The van der Waals surface area contributed by atoms with Crippen LogP contribution in [-0.2, 0) is 22.6 Å². The van der Waals surface area contributed by atoms with Gasteiger partial charge in [-0.25, -0.2) is 9.59 Å². The second kappa shape index (κ2) is 11.3. The van der Waals surface area contributed by atoms with Gasteiger partial charge in [-0.05, 0) is 43.5 Å². The molecule has 3 aromatic rings. The number of hydrogen-bond donors (Lipinski definition) is 5. The van der Waals surface area contributed by atoms with Gasteiger partial charge in [0.2, 0.25) is 0 Å². The lowest BCUT2D eigenvalue weighted by Gasteiger charge is -2.09. The minimum Gasteiger partial charge on any atom is -0.479 e. The number of rotatable bonds is 8. The van der Waals surface area contributed by atoms with Crippen molar-refractivity contribution in [2.24, 2.45) is 5.73 Å². The van der Waals surface area contributed by atoms with Crippen LogP contribution in [0.2, 0.25) is 0 Å². The Bertz CT molecular complexity index is 998. The summed E-state index contributed by atoms with van der Waals surface area (Å²) in [6.07, 6.45) is -2.43. The number of nitrogens with zero attached hydrogens (tertiary/aromatic N) is 1. The van der Waals surface area contributed by atoms with E-state index in [0.717, 1.165) is 25.9 Å². The van der Waals surface area contributed by atoms with Gasteiger partial charge in [0.1, 0.15) is 0 Å². The van der Waals surface area contributed by atoms with Crippen LogP contribution in [0.1, 0.15) is 23.2 Å². The van der Waals surface area contributed by atoms with E-state index >= 15 is 0 Å². The van der Waals surface area contributed by atoms with Gasteiger partial charge in [-0.1, -0.05) is 48.5 Å². The molecule has 0 aliphatic heterocycles. The molecule has 8 heteroatoms. The first-order chi connectivity index (χ1) is 14.8. The molecule has 1 heterocycles. The predicted molar refractivity (Wildman–Crippen MR) is 117 cm³/mol. The summed E-state index contributed by atoms with van der Waals surface area (Å²) in [4.78, 5) is 19.5. The topological polar surface area (TPSA) is 146 Å². The zero-order valence-electron chi connectivity index (χ0n) is 17.3. The van der Waals surface area contributed by atoms with Gasteiger partial charge in [0.25, 0.3) is 0 Å². The summed E-state index contributed by atoms with van der Waals surface area (Å²) in [5, 5.41) is 33.9. The van der Waals surface area contributed by atoms with Crippen molar-refractivity contribution in [1.82, 2.24) is 4.57 Å². The molecule has 0 unspecified atom stereocenters. The molecule has 0 spiro atoms. The molecule has 166 valence electrons. The number of para-hydroxylation sites is 1. The van der Waals surface area contributed by atoms with Crippen molar-refractivity contribution in [3.8, 4) is 0 Å². The lowest BCUT2D eigenvalue weighted by atomic mass is 10.1. The highest BCUT2D eigenvalue weighted by Crippen LogP contribution is 2.27. The predicted octanol–water partition coefficient (Wildman–Crippen LogP) is 1.77. The van der Waals surface area contributed by atoms with E-state index in [9.17, 15) is 9.59 Å². The summed E-state index contributed by atoms with van der Waals surface area (Å²) in [6, 6.07) is 19.3. The molecule has 0 aliphatic rings. The highest BCUT2D eigenvalue weighted by atomic mass is 16.4. The summed E-state index contributed by atoms with van der Waals surface area (Å²) >= 11 is 0. The Hall–Kier alpha value is -3.20. The largest absolute Gasteiger partial charge is 0.479 e. The summed E-state index contributed by atoms with van der Waals surface area (Å²) in [5.41, 5.74) is 11.2. The second-order valence-corrected chi connectivity index (χ2v) is 7.11. The monoisotopic (exact) mass is 428 g/mol. The van der Waals surface area contributed by atoms with Gasteiger partial charge in [-0.15, -0.1) is 0 Å². The van der Waals surface area contributed by atoms with Gasteiger partial charge in [0, 0.05) is 23.1 Å². The third kappa shape index (κ3) is 6.14. The third-order valence-electron chi connectivity index (χ3n) is 4.98. The van der Waals surface area contributed by atoms with Crippen molar-refractivity contribution in [2.75, 3.05) is 6.54 Å². The van der Waals surface area contributed by atoms with Crippen LogP contribution in [0, 0.1) is 6.92 Å². The van der Waals surface area contributed by atoms with E-state index in [0.29, 0.717) is 0 Å². The van der Waals surface area contributed by atoms with Crippen LogP contribution in [0.4, 0.5) is 0 Å². The quantitative estimate of drug-likeness (QED) is 0.367. The summed E-state index contributed by atoms with van der Waals surface area (Å²) in [6.45, 7) is 3.90. The molecule has 3 rings (SSSR count). The van der Waals surface area contributed by atoms with E-state index < -0.39 is 24.1 Å². The molecule has 0 aliphatic carbocycles. The minimum absolute atomic E-state index is 0.748. The molecule has 2 atom stereocenters. The SMILES string of the molecule is Cc1c(CCCN)c2ccccc2n1Cc1ccccc1.O=C(O)[C@H](O)[C@@H](O)C(=O)O. The van der Waals surface area contributed by atoms with E-state index in [2.05, 4.69) is 66.1 Å². The smallest absolute Gasteiger partial charge is 0.335 e. The lowest BCUT2D eigenvalue weighted by Crippen LogP contribution is -2.39. The van der Waals surface area contributed by atoms with Crippen LogP contribution in [0.25, 0.3) is 10.9 Å². The van der Waals surface area contributed by atoms with Gasteiger partial charge in [-0.3, -0.25) is 0 Å². The molecule has 0 saturated carbocycles. The molecule has 6 N–H and O–H groups in total. The average molecular weight is 428 g/mol. The molecule has 0 amide bonds. The molecule has 0 bridgehead atoms. The van der Waals surface area contributed by atoms with Gasteiger partial charge < -0.3 is 30.7 Å². The Kier molecular flexibility index (Phi) is 8.75. The maximum Gasteiger partial charge on any atom is 0.335 e. The highest BCUT2D eigenvalue weighted by molar-refractivity contribution is 5.85. The average Bonchev–Trinajstić information content (AvgIpc) is 3.03. The maximum atomic E-state index is 9.77. The molecule has 8 nitrogen and oxygen atoms in total. The fourth-order valence-corrected chi connectivity index (χ4v) is 3.34. The van der Waals surface area contributed by atoms with E-state index in [1.807, 2.05) is 0 Å². The fraction of sp³-hybridized carbons (Fsp3) is 0.304. The van der Waals surface area contributed by atoms with E-state index in [1.165, 1.54) is 27.7 Å². The van der Waals surface area contributed by atoms with Gasteiger partial charge in [0.05, 0.1) is 0 Å². The number of aliphatic hydroxyl groups excluding tert-OH is 2. The van der Waals surface area contributed by atoms with Crippen molar-refractivity contribution in [2.45, 2.75) is 38.5 Å². The molecule has 1 aromatic heterocycles. The number of carboxylic acid groups (broad SMARTS) is 2. The van der Waals surface area contributed by atoms with Crippen LogP contribution in [0.3, 0.4) is 0 Å². The first-order valence-corrected chi connectivity index (χ1v) is 9.90. The molecule has 0 fully saturated rings. The standard InChI is InChI=1S/C19H22N2.C4H6O6/c1-15-17(11-7-13-20)18-10-5-6-12-19(18)21(15)14-16-8-3-2-4-9-16;5-1(3(7)8)2(6)4(9)10/h2-6,8-10,12H,7,11,13-14,20H2,1H3;1-2,5-6H,(H,7,8)(H,9,10)/t;1-,2-/m.1/s1. The third-order valence-corrected chi connectivity index (χ3v) is 4.98. The van der Waals surface area contributed by atoms with Gasteiger partial charge in [0.15, 0.2) is 12.2 Å². The summed E-state index contributed by atoms with van der Waals surface area (Å²) in [5.74, 6) is -3.54. The number of hydrogen-bond acceptors (Lipinski definition) is 5. The molecule has 0 saturated heterocycles. The van der Waals surface area contributed by atoms with Crippen molar-refractivity contribution in [3.63, 3.8) is 0 Å². The number of aliphatic carboxylic acids is 2. The van der Waals surface area contributed by atoms with Crippen molar-refractivity contribution in [1.29, 1.82) is 0 Å². The zero-order valence-corrected chi connectivity index (χ0v) is 17.3. The Morgan fingerprint density at radius 1 is 0.935 bits per heavy atom. The first-order valence-electron chi connectivity index (χ1n) is 9.90. The van der Waals surface area contributed by atoms with Crippen LogP contribution >= 0.6 is 0 Å². The Labute approximate surface area is 180 Å². The zero-order chi connectivity index (χ0) is 23.0. The van der Waals surface area contributed by atoms with E-state index in [4.69, 9.17) is 26.2 Å². The highest BCUT2D eigenvalue weighted by Gasteiger charge is 2.29. The number of carboxylic acids is 2. The molecule has 0 radical (unpaired) electrons. The Morgan fingerprint density at radius 2 is 1.48 bits per heavy atom.